The topological polar surface area (TPSA) is 123 Å². The van der Waals surface area contributed by atoms with Gasteiger partial charge in [0.15, 0.2) is 12.6 Å². The molecule has 10 heteroatoms. The number of nitrogens with zero attached hydrogens (tertiary/aromatic N) is 3. The van der Waals surface area contributed by atoms with Crippen LogP contribution in [0.4, 0.5) is 4.79 Å². The van der Waals surface area contributed by atoms with E-state index in [4.69, 9.17) is 20.9 Å². The van der Waals surface area contributed by atoms with Crippen molar-refractivity contribution in [1.29, 1.82) is 0 Å². The van der Waals surface area contributed by atoms with Crippen molar-refractivity contribution in [3.05, 3.63) is 29.8 Å². The summed E-state index contributed by atoms with van der Waals surface area (Å²) in [6, 6.07) is 7.25. The monoisotopic (exact) mass is 519 g/mol. The van der Waals surface area contributed by atoms with E-state index in [1.165, 1.54) is 0 Å². The molecule has 9 nitrogen and oxygen atoms in total. The third kappa shape index (κ3) is 8.75. The van der Waals surface area contributed by atoms with Crippen LogP contribution in [0, 0.1) is 0 Å². The number of rotatable bonds is 5. The Hall–Kier alpha value is -2.24. The quantitative estimate of drug-likeness (QED) is 0.346. The van der Waals surface area contributed by atoms with Crippen molar-refractivity contribution < 1.29 is 19.1 Å². The van der Waals surface area contributed by atoms with Gasteiger partial charge in [0, 0.05) is 26.2 Å². The normalized spacial score (nSPS) is 14.8. The molecule has 1 aromatic rings. The van der Waals surface area contributed by atoms with E-state index in [-0.39, 0.29) is 36.7 Å². The fraction of sp³-hybridized carbons (Fsp3) is 0.526. The maximum Gasteiger partial charge on any atom is 0.410 e. The molecule has 4 N–H and O–H groups in total. The van der Waals surface area contributed by atoms with Gasteiger partial charge in [-0.25, -0.2) is 9.79 Å². The summed E-state index contributed by atoms with van der Waals surface area (Å²) >= 11 is 0. The molecule has 1 fully saturated rings. The first-order valence-corrected chi connectivity index (χ1v) is 9.17. The van der Waals surface area contributed by atoms with Crippen LogP contribution in [0.1, 0.15) is 26.3 Å². The maximum absolute atomic E-state index is 12.1. The molecule has 0 saturated carbocycles. The molecule has 1 heterocycles. The summed E-state index contributed by atoms with van der Waals surface area (Å²) in [6.07, 6.45) is -0.310. The molecule has 0 radical (unpaired) electrons. The third-order valence-electron chi connectivity index (χ3n) is 3.96. The second-order valence-corrected chi connectivity index (χ2v) is 7.53. The molecule has 0 unspecified atom stereocenters. The number of carbonyl (C=O) groups is 2. The third-order valence-corrected chi connectivity index (χ3v) is 3.96. The van der Waals surface area contributed by atoms with Crippen LogP contribution in [0.15, 0.2) is 29.3 Å². The van der Waals surface area contributed by atoms with Gasteiger partial charge in [-0.05, 0) is 38.5 Å². The van der Waals surface area contributed by atoms with Crippen molar-refractivity contribution in [2.24, 2.45) is 16.5 Å². The fourth-order valence-electron chi connectivity index (χ4n) is 2.60. The molecular weight excluding hydrogens is 489 g/mol. The van der Waals surface area contributed by atoms with Crippen molar-refractivity contribution in [2.75, 3.05) is 32.8 Å². The minimum Gasteiger partial charge on any atom is -0.484 e. The molecule has 1 aromatic carbocycles. The Bertz CT molecular complexity index is 728. The van der Waals surface area contributed by atoms with Crippen LogP contribution in [0.3, 0.4) is 0 Å². The van der Waals surface area contributed by atoms with Crippen LogP contribution in [0.2, 0.25) is 0 Å². The summed E-state index contributed by atoms with van der Waals surface area (Å²) in [6.45, 7) is 8.00. The number of primary amides is 1. The number of guanidine groups is 1. The first-order chi connectivity index (χ1) is 13.1. The molecule has 0 atom stereocenters. The van der Waals surface area contributed by atoms with Crippen LogP contribution >= 0.6 is 24.0 Å². The average molecular weight is 519 g/mol. The van der Waals surface area contributed by atoms with E-state index in [1.807, 2.05) is 37.8 Å². The highest BCUT2D eigenvalue weighted by Gasteiger charge is 2.26. The molecule has 162 valence electrons. The summed E-state index contributed by atoms with van der Waals surface area (Å²) in [7, 11) is 0. The Labute approximate surface area is 188 Å². The number of halogens is 1. The number of piperazine rings is 1. The number of aliphatic imine (C=N–C) groups is 1. The number of hydrogen-bond donors (Lipinski definition) is 2. The average Bonchev–Trinajstić information content (AvgIpc) is 2.63. The second kappa shape index (κ2) is 11.1. The van der Waals surface area contributed by atoms with E-state index < -0.39 is 11.5 Å². The molecule has 0 spiro atoms. The molecule has 2 amide bonds. The van der Waals surface area contributed by atoms with Gasteiger partial charge in [-0.2, -0.15) is 0 Å². The molecule has 29 heavy (non-hydrogen) atoms. The Balaban J connectivity index is 0.00000420. The zero-order chi connectivity index (χ0) is 20.7. The smallest absolute Gasteiger partial charge is 0.410 e. The predicted molar refractivity (Wildman–Crippen MR) is 121 cm³/mol. The minimum atomic E-state index is -0.529. The van der Waals surface area contributed by atoms with Gasteiger partial charge in [-0.1, -0.05) is 12.1 Å². The highest BCUT2D eigenvalue weighted by molar-refractivity contribution is 14.0. The Morgan fingerprint density at radius 1 is 1.10 bits per heavy atom. The molecule has 1 saturated heterocycles. The highest BCUT2D eigenvalue weighted by Crippen LogP contribution is 2.15. The number of hydrogen-bond acceptors (Lipinski definition) is 5. The second-order valence-electron chi connectivity index (χ2n) is 7.53. The minimum absolute atomic E-state index is 0. The highest BCUT2D eigenvalue weighted by atomic mass is 127. The van der Waals surface area contributed by atoms with Gasteiger partial charge in [-0.3, -0.25) is 4.79 Å². The van der Waals surface area contributed by atoms with Gasteiger partial charge < -0.3 is 30.7 Å². The van der Waals surface area contributed by atoms with Gasteiger partial charge in [0.05, 0.1) is 6.54 Å². The van der Waals surface area contributed by atoms with Crippen LogP contribution in [-0.4, -0.2) is 66.1 Å². The summed E-state index contributed by atoms with van der Waals surface area (Å²) in [5, 5.41) is 0. The number of carbonyl (C=O) groups excluding carboxylic acids is 2. The van der Waals surface area contributed by atoms with E-state index in [2.05, 4.69) is 4.99 Å². The number of ether oxygens (including phenoxy) is 2. The lowest BCUT2D eigenvalue weighted by molar-refractivity contribution is -0.119. The van der Waals surface area contributed by atoms with Gasteiger partial charge in [0.25, 0.3) is 5.91 Å². The number of nitrogens with two attached hydrogens (primary N) is 2. The summed E-state index contributed by atoms with van der Waals surface area (Å²) in [4.78, 5) is 30.9. The van der Waals surface area contributed by atoms with Crippen molar-refractivity contribution in [3.8, 4) is 5.75 Å². The molecular formula is C19H30IN5O4. The summed E-state index contributed by atoms with van der Waals surface area (Å²) in [5.74, 6) is 0.446. The lowest BCUT2D eigenvalue weighted by Crippen LogP contribution is -2.53. The number of benzene rings is 1. The molecule has 0 bridgehead atoms. The van der Waals surface area contributed by atoms with E-state index in [0.717, 1.165) is 5.56 Å². The SMILES string of the molecule is CC(C)(C)OC(=O)N1CCN(C(N)=NCc2cccc(OCC(N)=O)c2)CC1.I. The van der Waals surface area contributed by atoms with Gasteiger partial charge >= 0.3 is 6.09 Å². The zero-order valence-electron chi connectivity index (χ0n) is 17.1. The Morgan fingerprint density at radius 3 is 2.31 bits per heavy atom. The van der Waals surface area contributed by atoms with Crippen LogP contribution < -0.4 is 16.2 Å². The van der Waals surface area contributed by atoms with Crippen molar-refractivity contribution in [3.63, 3.8) is 0 Å². The molecule has 1 aliphatic heterocycles. The van der Waals surface area contributed by atoms with Crippen LogP contribution in [0.5, 0.6) is 5.75 Å². The van der Waals surface area contributed by atoms with E-state index in [0.29, 0.717) is 44.4 Å². The van der Waals surface area contributed by atoms with Gasteiger partial charge in [-0.15, -0.1) is 24.0 Å². The first-order valence-electron chi connectivity index (χ1n) is 9.17. The summed E-state index contributed by atoms with van der Waals surface area (Å²) in [5.41, 5.74) is 11.6. The van der Waals surface area contributed by atoms with Crippen LogP contribution in [0.25, 0.3) is 0 Å². The van der Waals surface area contributed by atoms with Gasteiger partial charge in [0.1, 0.15) is 11.4 Å². The lowest BCUT2D eigenvalue weighted by atomic mass is 10.2. The Morgan fingerprint density at radius 2 is 1.72 bits per heavy atom. The van der Waals surface area contributed by atoms with Crippen molar-refractivity contribution in [2.45, 2.75) is 32.9 Å². The van der Waals surface area contributed by atoms with Crippen molar-refractivity contribution in [1.82, 2.24) is 9.80 Å². The number of amides is 2. The lowest BCUT2D eigenvalue weighted by Gasteiger charge is -2.36. The predicted octanol–water partition coefficient (Wildman–Crippen LogP) is 1.54. The molecule has 2 rings (SSSR count). The largest absolute Gasteiger partial charge is 0.484 e. The van der Waals surface area contributed by atoms with E-state index in [9.17, 15) is 9.59 Å². The van der Waals surface area contributed by atoms with E-state index >= 15 is 0 Å². The van der Waals surface area contributed by atoms with Crippen LogP contribution in [-0.2, 0) is 16.1 Å². The summed E-state index contributed by atoms with van der Waals surface area (Å²) < 4.78 is 10.7. The van der Waals surface area contributed by atoms with E-state index in [1.54, 1.807) is 17.0 Å². The molecule has 0 aliphatic carbocycles. The Kier molecular flexibility index (Phi) is 9.47. The first kappa shape index (κ1) is 24.8. The molecule has 1 aliphatic rings. The zero-order valence-corrected chi connectivity index (χ0v) is 19.4. The fourth-order valence-corrected chi connectivity index (χ4v) is 2.60. The standard InChI is InChI=1S/C19H29N5O4.HI/c1-19(2,3)28-18(26)24-9-7-23(8-10-24)17(21)22-12-14-5-4-6-15(11-14)27-13-16(20)25;/h4-6,11H,7-10,12-13H2,1-3H3,(H2,20,25)(H2,21,22);1H. The maximum atomic E-state index is 12.1. The van der Waals surface area contributed by atoms with Gasteiger partial charge in [0.2, 0.25) is 0 Å². The van der Waals surface area contributed by atoms with Crippen molar-refractivity contribution >= 4 is 41.9 Å². The molecule has 0 aromatic heterocycles.